The Morgan fingerprint density at radius 1 is 1.07 bits per heavy atom. The van der Waals surface area contributed by atoms with E-state index in [4.69, 9.17) is 9.05 Å². The van der Waals surface area contributed by atoms with Gasteiger partial charge in [-0.25, -0.2) is 0 Å². The molecule has 7 heteroatoms. The highest BCUT2D eigenvalue weighted by atomic mass is 16.5. The number of benzene rings is 1. The fraction of sp³-hybridized carbons (Fsp3) is 0.381. The maximum absolute atomic E-state index is 11.7. The van der Waals surface area contributed by atoms with E-state index in [-0.39, 0.29) is 5.92 Å². The van der Waals surface area contributed by atoms with Crippen molar-refractivity contribution in [3.8, 4) is 22.3 Å². The number of anilines is 2. The number of carbonyl (C=O) groups is 1. The first-order valence-electron chi connectivity index (χ1n) is 9.23. The highest BCUT2D eigenvalue weighted by Crippen LogP contribution is 2.44. The van der Waals surface area contributed by atoms with E-state index in [1.807, 2.05) is 40.0 Å². The second-order valence-corrected chi connectivity index (χ2v) is 7.25. The Kier molecular flexibility index (Phi) is 5.27. The first-order chi connectivity index (χ1) is 13.3. The monoisotopic (exact) mass is 382 g/mol. The third-order valence-electron chi connectivity index (χ3n) is 4.89. The van der Waals surface area contributed by atoms with E-state index in [0.717, 1.165) is 62.9 Å². The van der Waals surface area contributed by atoms with Gasteiger partial charge in [0.1, 0.15) is 11.5 Å². The summed E-state index contributed by atoms with van der Waals surface area (Å²) in [6.07, 6.45) is 0.799. The maximum atomic E-state index is 11.7. The van der Waals surface area contributed by atoms with Crippen LogP contribution in [0.5, 0.6) is 0 Å². The van der Waals surface area contributed by atoms with Crippen molar-refractivity contribution >= 4 is 17.8 Å². The highest BCUT2D eigenvalue weighted by molar-refractivity contribution is 5.98. The summed E-state index contributed by atoms with van der Waals surface area (Å²) in [7, 11) is 3.57. The topological polar surface area (TPSA) is 84.4 Å². The summed E-state index contributed by atoms with van der Waals surface area (Å²) in [6, 6.07) is 4.05. The molecule has 1 amide bonds. The SMILES string of the molecule is CNc1cc(-c2c(C)noc2C)cc(-c2c(C)noc2C(C)C)c1N(C)C=O. The smallest absolute Gasteiger partial charge is 0.213 e. The van der Waals surface area contributed by atoms with Gasteiger partial charge < -0.3 is 19.3 Å². The summed E-state index contributed by atoms with van der Waals surface area (Å²) in [5.41, 5.74) is 6.85. The molecule has 0 saturated carbocycles. The Morgan fingerprint density at radius 2 is 1.71 bits per heavy atom. The van der Waals surface area contributed by atoms with Crippen molar-refractivity contribution < 1.29 is 13.8 Å². The molecular formula is C21H26N4O3. The summed E-state index contributed by atoms with van der Waals surface area (Å²) in [4.78, 5) is 13.2. The third-order valence-corrected chi connectivity index (χ3v) is 4.89. The van der Waals surface area contributed by atoms with Crippen molar-refractivity contribution in [3.63, 3.8) is 0 Å². The molecule has 2 aromatic heterocycles. The molecule has 0 aliphatic rings. The van der Waals surface area contributed by atoms with Crippen molar-refractivity contribution in [2.75, 3.05) is 24.3 Å². The van der Waals surface area contributed by atoms with Gasteiger partial charge in [-0.2, -0.15) is 0 Å². The maximum Gasteiger partial charge on any atom is 0.213 e. The van der Waals surface area contributed by atoms with Crippen LogP contribution in [0.15, 0.2) is 21.2 Å². The number of hydrogen-bond acceptors (Lipinski definition) is 6. The van der Waals surface area contributed by atoms with E-state index in [0.29, 0.717) is 0 Å². The van der Waals surface area contributed by atoms with Gasteiger partial charge in [0.05, 0.1) is 22.8 Å². The molecule has 0 unspecified atom stereocenters. The van der Waals surface area contributed by atoms with Crippen LogP contribution in [0.3, 0.4) is 0 Å². The summed E-state index contributed by atoms with van der Waals surface area (Å²) < 4.78 is 11.0. The van der Waals surface area contributed by atoms with Crippen LogP contribution in [0.2, 0.25) is 0 Å². The average molecular weight is 382 g/mol. The predicted octanol–water partition coefficient (Wildman–Crippen LogP) is 4.68. The summed E-state index contributed by atoms with van der Waals surface area (Å²) in [5, 5.41) is 11.5. The minimum Gasteiger partial charge on any atom is -0.386 e. The second kappa shape index (κ2) is 7.50. The zero-order chi connectivity index (χ0) is 20.6. The Hall–Kier alpha value is -3.09. The van der Waals surface area contributed by atoms with Gasteiger partial charge in [-0.3, -0.25) is 4.79 Å². The largest absolute Gasteiger partial charge is 0.386 e. The molecule has 7 nitrogen and oxygen atoms in total. The number of rotatable bonds is 6. The fourth-order valence-electron chi connectivity index (χ4n) is 3.60. The van der Waals surface area contributed by atoms with Gasteiger partial charge in [0.2, 0.25) is 6.41 Å². The lowest BCUT2D eigenvalue weighted by atomic mass is 9.92. The van der Waals surface area contributed by atoms with Gasteiger partial charge in [-0.1, -0.05) is 24.2 Å². The molecule has 0 bridgehead atoms. The van der Waals surface area contributed by atoms with Gasteiger partial charge in [0, 0.05) is 36.7 Å². The fourth-order valence-corrected chi connectivity index (χ4v) is 3.60. The Bertz CT molecular complexity index is 998. The van der Waals surface area contributed by atoms with Crippen LogP contribution < -0.4 is 10.2 Å². The molecule has 3 rings (SSSR count). The Balaban J connectivity index is 2.41. The van der Waals surface area contributed by atoms with E-state index in [1.165, 1.54) is 0 Å². The molecule has 0 aliphatic heterocycles. The van der Waals surface area contributed by atoms with Gasteiger partial charge >= 0.3 is 0 Å². The summed E-state index contributed by atoms with van der Waals surface area (Å²) >= 11 is 0. The molecule has 28 heavy (non-hydrogen) atoms. The van der Waals surface area contributed by atoms with E-state index in [2.05, 4.69) is 29.5 Å². The zero-order valence-corrected chi connectivity index (χ0v) is 17.4. The molecule has 1 aromatic carbocycles. The first kappa shape index (κ1) is 19.7. The van der Waals surface area contributed by atoms with Gasteiger partial charge in [0.25, 0.3) is 0 Å². The van der Waals surface area contributed by atoms with Crippen LogP contribution in [0.4, 0.5) is 11.4 Å². The van der Waals surface area contributed by atoms with Crippen LogP contribution >= 0.6 is 0 Å². The minimum atomic E-state index is 0.145. The third kappa shape index (κ3) is 3.17. The molecule has 1 N–H and O–H groups in total. The van der Waals surface area contributed by atoms with Crippen molar-refractivity contribution in [2.45, 2.75) is 40.5 Å². The molecule has 148 valence electrons. The predicted molar refractivity (Wildman–Crippen MR) is 110 cm³/mol. The zero-order valence-electron chi connectivity index (χ0n) is 17.4. The molecule has 3 aromatic rings. The molecule has 0 aliphatic carbocycles. The lowest BCUT2D eigenvalue weighted by molar-refractivity contribution is -0.107. The number of amides is 1. The van der Waals surface area contributed by atoms with E-state index < -0.39 is 0 Å². The number of carbonyl (C=O) groups excluding carboxylic acids is 1. The Morgan fingerprint density at radius 3 is 2.25 bits per heavy atom. The molecule has 0 saturated heterocycles. The van der Waals surface area contributed by atoms with Crippen LogP contribution in [0.1, 0.15) is 42.7 Å². The summed E-state index contributed by atoms with van der Waals surface area (Å²) in [6.45, 7) is 9.84. The second-order valence-electron chi connectivity index (χ2n) is 7.25. The van der Waals surface area contributed by atoms with Crippen molar-refractivity contribution in [1.29, 1.82) is 0 Å². The molecule has 2 heterocycles. The molecule has 0 spiro atoms. The normalized spacial score (nSPS) is 11.1. The van der Waals surface area contributed by atoms with Crippen LogP contribution in [0.25, 0.3) is 22.3 Å². The van der Waals surface area contributed by atoms with Crippen molar-refractivity contribution in [3.05, 3.63) is 35.0 Å². The standard InChI is InChI=1S/C21H26N4O3/c1-11(2)21-19(13(4)24-28-21)16-8-15(18-12(3)23-27-14(18)5)9-17(22-6)20(16)25(7)10-26/h8-11,22H,1-7H3. The molecule has 0 fully saturated rings. The quantitative estimate of drug-likeness (QED) is 0.623. The number of aryl methyl sites for hydroxylation is 3. The van der Waals surface area contributed by atoms with Gasteiger partial charge in [-0.15, -0.1) is 0 Å². The number of nitrogens with zero attached hydrogens (tertiary/aromatic N) is 3. The van der Waals surface area contributed by atoms with Crippen molar-refractivity contribution in [1.82, 2.24) is 10.3 Å². The molecular weight excluding hydrogens is 356 g/mol. The minimum absolute atomic E-state index is 0.145. The van der Waals surface area contributed by atoms with E-state index in [9.17, 15) is 4.79 Å². The van der Waals surface area contributed by atoms with Crippen LogP contribution in [0, 0.1) is 20.8 Å². The number of hydrogen-bond donors (Lipinski definition) is 1. The van der Waals surface area contributed by atoms with Gasteiger partial charge in [0.15, 0.2) is 0 Å². The lowest BCUT2D eigenvalue weighted by Gasteiger charge is -2.22. The average Bonchev–Trinajstić information content (AvgIpc) is 3.22. The molecule has 0 atom stereocenters. The lowest BCUT2D eigenvalue weighted by Crippen LogP contribution is -2.17. The number of nitrogens with one attached hydrogen (secondary N) is 1. The van der Waals surface area contributed by atoms with Crippen LogP contribution in [-0.4, -0.2) is 30.8 Å². The highest BCUT2D eigenvalue weighted by Gasteiger charge is 2.25. The van der Waals surface area contributed by atoms with Gasteiger partial charge in [-0.05, 0) is 38.5 Å². The summed E-state index contributed by atoms with van der Waals surface area (Å²) in [5.74, 6) is 1.68. The first-order valence-corrected chi connectivity index (χ1v) is 9.23. The number of aromatic nitrogens is 2. The van der Waals surface area contributed by atoms with Crippen molar-refractivity contribution in [2.24, 2.45) is 0 Å². The van der Waals surface area contributed by atoms with Crippen LogP contribution in [-0.2, 0) is 4.79 Å². The van der Waals surface area contributed by atoms with E-state index in [1.54, 1.807) is 11.9 Å². The Labute approximate surface area is 164 Å². The van der Waals surface area contributed by atoms with E-state index >= 15 is 0 Å². The molecule has 0 radical (unpaired) electrons.